The molecule has 1 amide bonds. The highest BCUT2D eigenvalue weighted by Crippen LogP contribution is 2.28. The normalized spacial score (nSPS) is 11.4. The summed E-state index contributed by atoms with van der Waals surface area (Å²) in [6.07, 6.45) is 1.96. The van der Waals surface area contributed by atoms with Gasteiger partial charge in [-0.25, -0.2) is 8.42 Å². The van der Waals surface area contributed by atoms with E-state index in [4.69, 9.17) is 0 Å². The first-order valence-corrected chi connectivity index (χ1v) is 13.2. The average molecular weight is 457 g/mol. The number of aryl methyl sites for hydroxylation is 1. The number of thioether (sulfide) groups is 1. The fraction of sp³-hybridized carbons (Fsp3) is 0.292. The van der Waals surface area contributed by atoms with Gasteiger partial charge in [0, 0.05) is 17.7 Å². The molecule has 0 saturated heterocycles. The Labute approximate surface area is 188 Å². The highest BCUT2D eigenvalue weighted by Gasteiger charge is 2.22. The van der Waals surface area contributed by atoms with Crippen molar-refractivity contribution in [1.82, 2.24) is 5.32 Å². The van der Waals surface area contributed by atoms with Crippen molar-refractivity contribution in [3.05, 3.63) is 77.9 Å². The summed E-state index contributed by atoms with van der Waals surface area (Å²) in [7, 11) is -3.61. The Balaban J connectivity index is 1.51. The summed E-state index contributed by atoms with van der Waals surface area (Å²) in [6.45, 7) is 2.36. The molecule has 0 atom stereocenters. The zero-order chi connectivity index (χ0) is 22.3. The molecule has 0 aliphatic carbocycles. The van der Waals surface area contributed by atoms with Gasteiger partial charge in [0.05, 0.1) is 11.9 Å². The second kappa shape index (κ2) is 10.7. The van der Waals surface area contributed by atoms with E-state index in [0.717, 1.165) is 35.0 Å². The van der Waals surface area contributed by atoms with Crippen molar-refractivity contribution in [2.24, 2.45) is 0 Å². The Bertz CT molecular complexity index is 1120. The van der Waals surface area contributed by atoms with Crippen LogP contribution in [0, 0.1) is 6.92 Å². The summed E-state index contributed by atoms with van der Waals surface area (Å²) in [5.41, 5.74) is 3.06. The van der Waals surface area contributed by atoms with Crippen LogP contribution in [0.4, 0.5) is 5.69 Å². The van der Waals surface area contributed by atoms with Crippen molar-refractivity contribution >= 4 is 44.2 Å². The van der Waals surface area contributed by atoms with Crippen LogP contribution in [-0.4, -0.2) is 39.4 Å². The van der Waals surface area contributed by atoms with E-state index in [9.17, 15) is 13.2 Å². The summed E-state index contributed by atoms with van der Waals surface area (Å²) in [5.74, 6) is 1.56. The number of rotatable bonds is 10. The number of fused-ring (bicyclic) bond motifs is 1. The number of hydrogen-bond acceptors (Lipinski definition) is 4. The van der Waals surface area contributed by atoms with Crippen molar-refractivity contribution < 1.29 is 13.2 Å². The molecule has 0 saturated carbocycles. The van der Waals surface area contributed by atoms with Gasteiger partial charge >= 0.3 is 0 Å². The van der Waals surface area contributed by atoms with Gasteiger partial charge in [0.2, 0.25) is 15.9 Å². The lowest BCUT2D eigenvalue weighted by atomic mass is 10.1. The Morgan fingerprint density at radius 3 is 2.45 bits per heavy atom. The molecule has 0 aromatic heterocycles. The van der Waals surface area contributed by atoms with Gasteiger partial charge in [0.25, 0.3) is 0 Å². The van der Waals surface area contributed by atoms with Crippen LogP contribution < -0.4 is 9.62 Å². The molecule has 164 valence electrons. The molecule has 0 heterocycles. The monoisotopic (exact) mass is 456 g/mol. The van der Waals surface area contributed by atoms with E-state index in [0.29, 0.717) is 12.2 Å². The first-order chi connectivity index (χ1) is 14.8. The second-order valence-electron chi connectivity index (χ2n) is 7.51. The van der Waals surface area contributed by atoms with E-state index < -0.39 is 10.0 Å². The lowest BCUT2D eigenvalue weighted by Crippen LogP contribution is -2.40. The molecule has 0 spiro atoms. The van der Waals surface area contributed by atoms with Crippen LogP contribution in [0.15, 0.2) is 66.7 Å². The molecule has 0 aliphatic rings. The van der Waals surface area contributed by atoms with Crippen LogP contribution >= 0.6 is 11.8 Å². The molecule has 0 bridgehead atoms. The number of sulfonamides is 1. The van der Waals surface area contributed by atoms with Crippen molar-refractivity contribution in [2.45, 2.75) is 19.1 Å². The Kier molecular flexibility index (Phi) is 7.98. The van der Waals surface area contributed by atoms with Crippen molar-refractivity contribution in [1.29, 1.82) is 0 Å². The van der Waals surface area contributed by atoms with Crippen molar-refractivity contribution in [3.8, 4) is 0 Å². The van der Waals surface area contributed by atoms with E-state index in [2.05, 4.69) is 36.5 Å². The van der Waals surface area contributed by atoms with E-state index in [-0.39, 0.29) is 12.5 Å². The maximum atomic E-state index is 12.5. The predicted octanol–water partition coefficient (Wildman–Crippen LogP) is 4.35. The summed E-state index contributed by atoms with van der Waals surface area (Å²) in [5, 5.41) is 4.58. The molecule has 0 radical (unpaired) electrons. The minimum absolute atomic E-state index is 0.233. The highest BCUT2D eigenvalue weighted by molar-refractivity contribution is 7.98. The number of carbonyl (C=O) groups excluding carboxylic acids is 1. The lowest BCUT2D eigenvalue weighted by molar-refractivity contribution is -0.119. The first kappa shape index (κ1) is 23.2. The van der Waals surface area contributed by atoms with Gasteiger partial charge in [-0.1, -0.05) is 66.2 Å². The second-order valence-corrected chi connectivity index (χ2v) is 10.5. The summed E-state index contributed by atoms with van der Waals surface area (Å²) in [6, 6.07) is 21.5. The van der Waals surface area contributed by atoms with Crippen LogP contribution in [-0.2, 0) is 20.6 Å². The maximum Gasteiger partial charge on any atom is 0.240 e. The van der Waals surface area contributed by atoms with E-state index >= 15 is 0 Å². The van der Waals surface area contributed by atoms with Crippen LogP contribution in [0.3, 0.4) is 0 Å². The Morgan fingerprint density at radius 2 is 1.71 bits per heavy atom. The third kappa shape index (κ3) is 6.74. The fourth-order valence-electron chi connectivity index (χ4n) is 3.27. The first-order valence-electron chi connectivity index (χ1n) is 10.2. The third-order valence-electron chi connectivity index (χ3n) is 4.90. The Morgan fingerprint density at radius 1 is 1.00 bits per heavy atom. The standard InChI is InChI=1S/C24H28N2O3S2/c1-19-11-13-20(14-12-19)18-30-16-6-15-25-24(27)17-26(31(2,28)29)23-10-5-8-21-7-3-4-9-22(21)23/h3-5,7-14H,6,15-18H2,1-2H3,(H,25,27). The smallest absolute Gasteiger partial charge is 0.240 e. The van der Waals surface area contributed by atoms with Gasteiger partial charge in [-0.3, -0.25) is 9.10 Å². The average Bonchev–Trinajstić information content (AvgIpc) is 2.74. The molecule has 1 N–H and O–H groups in total. The molecule has 7 heteroatoms. The van der Waals surface area contributed by atoms with Gasteiger partial charge in [-0.15, -0.1) is 0 Å². The molecule has 3 aromatic rings. The van der Waals surface area contributed by atoms with Gasteiger partial charge in [-0.2, -0.15) is 11.8 Å². The predicted molar refractivity (Wildman–Crippen MR) is 131 cm³/mol. The minimum atomic E-state index is -3.61. The van der Waals surface area contributed by atoms with E-state index in [1.54, 1.807) is 12.1 Å². The van der Waals surface area contributed by atoms with Crippen LogP contribution in [0.25, 0.3) is 10.8 Å². The molecule has 0 aliphatic heterocycles. The van der Waals surface area contributed by atoms with E-state index in [1.165, 1.54) is 15.4 Å². The van der Waals surface area contributed by atoms with Gasteiger partial charge in [-0.05, 0) is 36.1 Å². The maximum absolute atomic E-state index is 12.5. The molecule has 3 aromatic carbocycles. The summed E-state index contributed by atoms with van der Waals surface area (Å²) in [4.78, 5) is 12.5. The quantitative estimate of drug-likeness (QED) is 0.461. The highest BCUT2D eigenvalue weighted by atomic mass is 32.2. The molecule has 0 unspecified atom stereocenters. The van der Waals surface area contributed by atoms with Gasteiger partial charge in [0.15, 0.2) is 0 Å². The molecule has 31 heavy (non-hydrogen) atoms. The fourth-order valence-corrected chi connectivity index (χ4v) is 5.06. The number of nitrogens with zero attached hydrogens (tertiary/aromatic N) is 1. The largest absolute Gasteiger partial charge is 0.354 e. The molecule has 3 rings (SSSR count). The van der Waals surface area contributed by atoms with Crippen LogP contribution in [0.2, 0.25) is 0 Å². The van der Waals surface area contributed by atoms with Crippen LogP contribution in [0.5, 0.6) is 0 Å². The SMILES string of the molecule is Cc1ccc(CSCCCNC(=O)CN(c2cccc3ccccc23)S(C)(=O)=O)cc1. The lowest BCUT2D eigenvalue weighted by Gasteiger charge is -2.23. The number of carbonyl (C=O) groups is 1. The number of hydrogen-bond donors (Lipinski definition) is 1. The van der Waals surface area contributed by atoms with Gasteiger partial charge in [0.1, 0.15) is 6.54 Å². The van der Waals surface area contributed by atoms with Gasteiger partial charge < -0.3 is 5.32 Å². The topological polar surface area (TPSA) is 66.5 Å². The molecule has 5 nitrogen and oxygen atoms in total. The number of benzene rings is 3. The molecular formula is C24H28N2O3S2. The molecular weight excluding hydrogens is 428 g/mol. The number of nitrogens with one attached hydrogen (secondary N) is 1. The summed E-state index contributed by atoms with van der Waals surface area (Å²) >= 11 is 1.82. The van der Waals surface area contributed by atoms with Crippen LogP contribution in [0.1, 0.15) is 17.5 Å². The molecule has 0 fully saturated rings. The Hall–Kier alpha value is -2.51. The zero-order valence-electron chi connectivity index (χ0n) is 17.9. The third-order valence-corrected chi connectivity index (χ3v) is 7.14. The van der Waals surface area contributed by atoms with Crippen molar-refractivity contribution in [2.75, 3.05) is 29.4 Å². The number of amides is 1. The van der Waals surface area contributed by atoms with Crippen molar-refractivity contribution in [3.63, 3.8) is 0 Å². The zero-order valence-corrected chi connectivity index (χ0v) is 19.5. The summed E-state index contributed by atoms with van der Waals surface area (Å²) < 4.78 is 26.0. The van der Waals surface area contributed by atoms with E-state index in [1.807, 2.05) is 42.1 Å². The number of anilines is 1. The minimum Gasteiger partial charge on any atom is -0.354 e.